The molecule has 0 aliphatic heterocycles. The molecule has 1 aliphatic rings. The number of hydrogen-bond acceptors (Lipinski definition) is 4. The monoisotopic (exact) mass is 492 g/mol. The fraction of sp³-hybridized carbons (Fsp3) is 0.517. The molecule has 1 aliphatic carbocycles. The van der Waals surface area contributed by atoms with Crippen molar-refractivity contribution in [2.75, 3.05) is 13.2 Å². The van der Waals surface area contributed by atoms with E-state index in [0.29, 0.717) is 13.2 Å². The Morgan fingerprint density at radius 3 is 2.00 bits per heavy atom. The smallest absolute Gasteiger partial charge is 0.423 e. The molecule has 1 saturated carbocycles. The molecular weight excluding hydrogens is 452 g/mol. The highest BCUT2D eigenvalue weighted by Crippen LogP contribution is 2.53. The molecule has 1 amide bonds. The van der Waals surface area contributed by atoms with Gasteiger partial charge in [-0.3, -0.25) is 0 Å². The molecule has 35 heavy (non-hydrogen) atoms. The van der Waals surface area contributed by atoms with Crippen LogP contribution >= 0.6 is 0 Å². The van der Waals surface area contributed by atoms with Gasteiger partial charge in [0.2, 0.25) is 0 Å². The molecule has 2 aromatic rings. The Balaban J connectivity index is 1.94. The van der Waals surface area contributed by atoms with Gasteiger partial charge in [0.15, 0.2) is 6.19 Å². The molecule has 188 valence electrons. The van der Waals surface area contributed by atoms with Crippen LogP contribution in [0.15, 0.2) is 60.7 Å². The predicted octanol–water partition coefficient (Wildman–Crippen LogP) is 5.70. The maximum atomic E-state index is 12.6. The van der Waals surface area contributed by atoms with E-state index in [1.165, 1.54) is 10.4 Å². The van der Waals surface area contributed by atoms with Crippen molar-refractivity contribution in [3.8, 4) is 6.19 Å². The van der Waals surface area contributed by atoms with E-state index in [4.69, 9.17) is 9.16 Å². The lowest BCUT2D eigenvalue weighted by Crippen LogP contribution is -2.67. The van der Waals surface area contributed by atoms with E-state index in [1.807, 2.05) is 13.1 Å². The standard InChI is InChI=1S/C29H40N2O3Si/c1-8-31(22-30)26(32)34-29(7)20-19-23(28(29,5)6)21-33-35(27(2,3)4,24-15-11-9-12-16-24)25-17-13-10-14-18-25/h9-18,23H,8,19-21H2,1-7H3/t23-,29-/m1/s1. The Hall–Kier alpha value is -2.62. The van der Waals surface area contributed by atoms with Crippen molar-refractivity contribution in [3.05, 3.63) is 60.7 Å². The summed E-state index contributed by atoms with van der Waals surface area (Å²) in [5.41, 5.74) is -0.989. The zero-order valence-corrected chi connectivity index (χ0v) is 23.3. The maximum absolute atomic E-state index is 12.6. The van der Waals surface area contributed by atoms with E-state index in [-0.39, 0.29) is 16.4 Å². The van der Waals surface area contributed by atoms with Crippen LogP contribution < -0.4 is 10.4 Å². The number of nitriles is 1. The highest BCUT2D eigenvalue weighted by molar-refractivity contribution is 6.99. The maximum Gasteiger partial charge on any atom is 0.423 e. The van der Waals surface area contributed by atoms with Crippen molar-refractivity contribution in [2.45, 2.75) is 71.9 Å². The largest absolute Gasteiger partial charge is 0.442 e. The van der Waals surface area contributed by atoms with Gasteiger partial charge in [0, 0.05) is 18.6 Å². The number of amides is 1. The minimum Gasteiger partial charge on any atom is -0.442 e. The molecule has 0 bridgehead atoms. The summed E-state index contributed by atoms with van der Waals surface area (Å²) in [6.45, 7) is 15.8. The zero-order chi connectivity index (χ0) is 25.9. The number of benzene rings is 2. The lowest BCUT2D eigenvalue weighted by molar-refractivity contribution is -0.0675. The highest BCUT2D eigenvalue weighted by Gasteiger charge is 2.56. The van der Waals surface area contributed by atoms with Crippen LogP contribution in [-0.4, -0.2) is 38.1 Å². The van der Waals surface area contributed by atoms with E-state index >= 15 is 0 Å². The fourth-order valence-electron chi connectivity index (χ4n) is 5.51. The second kappa shape index (κ2) is 10.2. The average Bonchev–Trinajstić information content (AvgIpc) is 3.03. The first-order chi connectivity index (χ1) is 16.4. The van der Waals surface area contributed by atoms with Crippen LogP contribution in [0, 0.1) is 22.8 Å². The number of carbonyl (C=O) groups excluding carboxylic acids is 1. The van der Waals surface area contributed by atoms with Gasteiger partial charge in [-0.1, -0.05) is 95.3 Å². The summed E-state index contributed by atoms with van der Waals surface area (Å²) in [4.78, 5) is 13.7. The number of rotatable bonds is 7. The molecule has 3 rings (SSSR count). The van der Waals surface area contributed by atoms with Crippen LogP contribution in [0.2, 0.25) is 5.04 Å². The van der Waals surface area contributed by atoms with Crippen LogP contribution in [0.5, 0.6) is 0 Å². The molecule has 2 atom stereocenters. The molecule has 1 fully saturated rings. The first-order valence-electron chi connectivity index (χ1n) is 12.6. The van der Waals surface area contributed by atoms with Crippen LogP contribution in [0.3, 0.4) is 0 Å². The van der Waals surface area contributed by atoms with Crippen LogP contribution in [0.25, 0.3) is 0 Å². The number of hydrogen-bond donors (Lipinski definition) is 0. The second-order valence-electron chi connectivity index (χ2n) is 11.4. The van der Waals surface area contributed by atoms with E-state index in [2.05, 4.69) is 95.3 Å². The molecule has 0 unspecified atom stereocenters. The normalized spacial score (nSPS) is 21.8. The Bertz CT molecular complexity index is 1000. The molecule has 5 nitrogen and oxygen atoms in total. The molecule has 0 N–H and O–H groups in total. The van der Waals surface area contributed by atoms with E-state index < -0.39 is 20.0 Å². The molecule has 2 aromatic carbocycles. The van der Waals surface area contributed by atoms with Gasteiger partial charge in [0.1, 0.15) is 5.60 Å². The molecule has 0 heterocycles. The lowest BCUT2D eigenvalue weighted by Gasteiger charge is -2.46. The molecule has 6 heteroatoms. The van der Waals surface area contributed by atoms with Gasteiger partial charge in [0.25, 0.3) is 8.32 Å². The van der Waals surface area contributed by atoms with Crippen molar-refractivity contribution in [3.63, 3.8) is 0 Å². The Kier molecular flexibility index (Phi) is 7.83. The van der Waals surface area contributed by atoms with E-state index in [0.717, 1.165) is 17.7 Å². The SMILES string of the molecule is CCN(C#N)C(=O)O[C@]1(C)CC[C@H](CO[Si](c2ccccc2)(c2ccccc2)C(C)(C)C)C1(C)C. The van der Waals surface area contributed by atoms with Crippen molar-refractivity contribution in [1.29, 1.82) is 5.26 Å². The first kappa shape index (κ1) is 27.0. The average molecular weight is 493 g/mol. The highest BCUT2D eigenvalue weighted by atomic mass is 28.4. The molecule has 0 spiro atoms. The van der Waals surface area contributed by atoms with Gasteiger partial charge in [0.05, 0.1) is 0 Å². The van der Waals surface area contributed by atoms with Gasteiger partial charge >= 0.3 is 6.09 Å². The summed E-state index contributed by atoms with van der Waals surface area (Å²) < 4.78 is 13.2. The predicted molar refractivity (Wildman–Crippen MR) is 143 cm³/mol. The number of carbonyl (C=O) groups is 1. The second-order valence-corrected chi connectivity index (χ2v) is 15.7. The van der Waals surface area contributed by atoms with E-state index in [1.54, 1.807) is 6.92 Å². The Morgan fingerprint density at radius 2 is 1.57 bits per heavy atom. The molecular formula is C29H40N2O3Si. The summed E-state index contributed by atoms with van der Waals surface area (Å²) in [6, 6.07) is 21.3. The number of nitrogens with zero attached hydrogens (tertiary/aromatic N) is 2. The zero-order valence-electron chi connectivity index (χ0n) is 22.3. The van der Waals surface area contributed by atoms with Crippen molar-refractivity contribution < 1.29 is 14.0 Å². The van der Waals surface area contributed by atoms with Crippen molar-refractivity contribution in [2.24, 2.45) is 11.3 Å². The third kappa shape index (κ3) is 4.89. The summed E-state index contributed by atoms with van der Waals surface area (Å²) >= 11 is 0. The molecule has 0 saturated heterocycles. The van der Waals surface area contributed by atoms with Gasteiger partial charge in [-0.05, 0) is 48.0 Å². The molecule has 0 aromatic heterocycles. The van der Waals surface area contributed by atoms with E-state index in [9.17, 15) is 10.1 Å². The third-order valence-electron chi connectivity index (χ3n) is 8.24. The Labute approximate surface area is 212 Å². The lowest BCUT2D eigenvalue weighted by atomic mass is 9.73. The molecule has 0 radical (unpaired) electrons. The first-order valence-corrected chi connectivity index (χ1v) is 14.5. The summed E-state index contributed by atoms with van der Waals surface area (Å²) in [5.74, 6) is 0.208. The minimum atomic E-state index is -2.65. The topological polar surface area (TPSA) is 62.6 Å². The van der Waals surface area contributed by atoms with Crippen LogP contribution in [0.1, 0.15) is 61.3 Å². The summed E-state index contributed by atoms with van der Waals surface area (Å²) in [7, 11) is -2.65. The van der Waals surface area contributed by atoms with Crippen LogP contribution in [0.4, 0.5) is 4.79 Å². The van der Waals surface area contributed by atoms with Crippen molar-refractivity contribution >= 4 is 24.8 Å². The Morgan fingerprint density at radius 1 is 1.06 bits per heavy atom. The summed E-state index contributed by atoms with van der Waals surface area (Å²) in [6.07, 6.45) is 2.98. The quantitative estimate of drug-likeness (QED) is 0.283. The van der Waals surface area contributed by atoms with Gasteiger partial charge < -0.3 is 9.16 Å². The minimum absolute atomic E-state index is 0.0946. The summed E-state index contributed by atoms with van der Waals surface area (Å²) in [5, 5.41) is 11.7. The van der Waals surface area contributed by atoms with Gasteiger partial charge in [-0.25, -0.2) is 9.69 Å². The number of ether oxygens (including phenoxy) is 1. The van der Waals surface area contributed by atoms with Crippen molar-refractivity contribution in [1.82, 2.24) is 4.90 Å². The van der Waals surface area contributed by atoms with Gasteiger partial charge in [-0.2, -0.15) is 5.26 Å². The van der Waals surface area contributed by atoms with Crippen LogP contribution in [-0.2, 0) is 9.16 Å². The fourth-order valence-corrected chi connectivity index (χ4v) is 10.1. The van der Waals surface area contributed by atoms with Gasteiger partial charge in [-0.15, -0.1) is 0 Å². The third-order valence-corrected chi connectivity index (χ3v) is 13.2.